The van der Waals surface area contributed by atoms with E-state index >= 15 is 0 Å². The van der Waals surface area contributed by atoms with E-state index in [0.717, 1.165) is 37.6 Å². The Labute approximate surface area is 126 Å². The molecule has 0 aliphatic heterocycles. The highest BCUT2D eigenvalue weighted by Gasteiger charge is 2.16. The molecule has 100 valence electrons. The molecule has 0 aliphatic rings. The van der Waals surface area contributed by atoms with Gasteiger partial charge in [-0.2, -0.15) is 0 Å². The van der Waals surface area contributed by atoms with Crippen LogP contribution in [0.5, 0.6) is 0 Å². The van der Waals surface area contributed by atoms with Gasteiger partial charge in [0, 0.05) is 32.7 Å². The highest BCUT2D eigenvalue weighted by molar-refractivity contribution is 9.10. The molecule has 1 N–H and O–H groups in total. The van der Waals surface area contributed by atoms with Crippen molar-refractivity contribution in [1.29, 1.82) is 0 Å². The second-order valence-electron chi connectivity index (χ2n) is 5.04. The minimum Gasteiger partial charge on any atom is -0.360 e. The van der Waals surface area contributed by atoms with E-state index in [1.165, 1.54) is 0 Å². The van der Waals surface area contributed by atoms with Crippen molar-refractivity contribution in [3.05, 3.63) is 69.3 Å². The van der Waals surface area contributed by atoms with Crippen molar-refractivity contribution in [2.24, 2.45) is 0 Å². The Hall–Kier alpha value is -1.87. The number of nitrogens with one attached hydrogen (secondary N) is 1. The first-order valence-electron chi connectivity index (χ1n) is 6.45. The van der Waals surface area contributed by atoms with Gasteiger partial charge in [-0.05, 0) is 43.7 Å². The second-order valence-corrected chi connectivity index (χ2v) is 5.96. The van der Waals surface area contributed by atoms with E-state index in [1.54, 1.807) is 6.20 Å². The lowest BCUT2D eigenvalue weighted by Gasteiger charge is -2.05. The fourth-order valence-corrected chi connectivity index (χ4v) is 2.77. The molecule has 0 atom stereocenters. The van der Waals surface area contributed by atoms with Crippen molar-refractivity contribution < 1.29 is 4.79 Å². The maximum absolute atomic E-state index is 12.8. The number of carbonyl (C=O) groups excluding carboxylic acids is 1. The fraction of sp³-hybridized carbons (Fsp3) is 0.118. The fourth-order valence-electron chi connectivity index (χ4n) is 2.41. The molecule has 0 bridgehead atoms. The Bertz CT molecular complexity index is 817. The number of H-pyrrole nitrogens is 1. The molecule has 2 nitrogen and oxygen atoms in total. The molecule has 1 aromatic heterocycles. The molecule has 0 saturated heterocycles. The van der Waals surface area contributed by atoms with Crippen LogP contribution in [-0.2, 0) is 0 Å². The first-order chi connectivity index (χ1) is 9.56. The molecule has 0 amide bonds. The molecule has 0 radical (unpaired) electrons. The predicted molar refractivity (Wildman–Crippen MR) is 85.3 cm³/mol. The SMILES string of the molecule is Cc1ccc2[nH]cc(C(=O)c3cc(Br)ccc3C)c2c1. The van der Waals surface area contributed by atoms with E-state index < -0.39 is 0 Å². The van der Waals surface area contributed by atoms with Crippen molar-refractivity contribution in [2.75, 3.05) is 0 Å². The number of halogens is 1. The summed E-state index contributed by atoms with van der Waals surface area (Å²) in [4.78, 5) is 15.9. The Morgan fingerprint density at radius 2 is 1.85 bits per heavy atom. The third kappa shape index (κ3) is 2.18. The maximum atomic E-state index is 12.8. The number of hydrogen-bond acceptors (Lipinski definition) is 1. The molecule has 2 aromatic carbocycles. The smallest absolute Gasteiger partial charge is 0.195 e. The number of benzene rings is 2. The van der Waals surface area contributed by atoms with Crippen LogP contribution in [0.15, 0.2) is 47.1 Å². The van der Waals surface area contributed by atoms with Crippen LogP contribution in [0.3, 0.4) is 0 Å². The first kappa shape index (κ1) is 13.1. The van der Waals surface area contributed by atoms with Gasteiger partial charge in [0.2, 0.25) is 0 Å². The average Bonchev–Trinajstić information content (AvgIpc) is 2.83. The number of carbonyl (C=O) groups is 1. The van der Waals surface area contributed by atoms with E-state index in [2.05, 4.69) is 20.9 Å². The van der Waals surface area contributed by atoms with E-state index in [-0.39, 0.29) is 5.78 Å². The van der Waals surface area contributed by atoms with E-state index in [4.69, 9.17) is 0 Å². The van der Waals surface area contributed by atoms with Gasteiger partial charge >= 0.3 is 0 Å². The third-order valence-electron chi connectivity index (χ3n) is 3.53. The van der Waals surface area contributed by atoms with Gasteiger partial charge in [-0.15, -0.1) is 0 Å². The summed E-state index contributed by atoms with van der Waals surface area (Å²) >= 11 is 3.43. The van der Waals surface area contributed by atoms with Gasteiger partial charge in [-0.1, -0.05) is 33.6 Å². The van der Waals surface area contributed by atoms with Crippen LogP contribution in [0.2, 0.25) is 0 Å². The normalized spacial score (nSPS) is 10.9. The van der Waals surface area contributed by atoms with Crippen molar-refractivity contribution in [3.8, 4) is 0 Å². The van der Waals surface area contributed by atoms with E-state index in [1.807, 2.05) is 50.2 Å². The van der Waals surface area contributed by atoms with E-state index in [0.29, 0.717) is 0 Å². The lowest BCUT2D eigenvalue weighted by Crippen LogP contribution is -2.03. The quantitative estimate of drug-likeness (QED) is 0.675. The minimum atomic E-state index is 0.0562. The average molecular weight is 328 g/mol. The molecule has 0 spiro atoms. The molecule has 1 heterocycles. The number of hydrogen-bond donors (Lipinski definition) is 1. The van der Waals surface area contributed by atoms with Crippen LogP contribution in [0, 0.1) is 13.8 Å². The summed E-state index contributed by atoms with van der Waals surface area (Å²) in [5.74, 6) is 0.0562. The van der Waals surface area contributed by atoms with Gasteiger partial charge in [0.15, 0.2) is 5.78 Å². The number of aromatic amines is 1. The summed E-state index contributed by atoms with van der Waals surface area (Å²) in [5.41, 5.74) is 4.59. The van der Waals surface area contributed by atoms with Gasteiger partial charge in [-0.25, -0.2) is 0 Å². The lowest BCUT2D eigenvalue weighted by molar-refractivity contribution is 0.103. The molecular weight excluding hydrogens is 314 g/mol. The Kier molecular flexibility index (Phi) is 3.22. The number of ketones is 1. The summed E-state index contributed by atoms with van der Waals surface area (Å²) in [7, 11) is 0. The molecular formula is C17H14BrNO. The number of aryl methyl sites for hydroxylation is 2. The van der Waals surface area contributed by atoms with Gasteiger partial charge < -0.3 is 4.98 Å². The summed E-state index contributed by atoms with van der Waals surface area (Å²) in [6.45, 7) is 3.99. The topological polar surface area (TPSA) is 32.9 Å². The molecule has 3 aromatic rings. The summed E-state index contributed by atoms with van der Waals surface area (Å²) in [5, 5.41) is 0.981. The minimum absolute atomic E-state index is 0.0562. The zero-order valence-corrected chi connectivity index (χ0v) is 12.9. The summed E-state index contributed by atoms with van der Waals surface area (Å²) < 4.78 is 0.919. The molecule has 0 unspecified atom stereocenters. The van der Waals surface area contributed by atoms with Crippen LogP contribution in [0.4, 0.5) is 0 Å². The third-order valence-corrected chi connectivity index (χ3v) is 4.02. The Morgan fingerprint density at radius 3 is 2.65 bits per heavy atom. The van der Waals surface area contributed by atoms with E-state index in [9.17, 15) is 4.79 Å². The molecule has 0 saturated carbocycles. The van der Waals surface area contributed by atoms with Gasteiger partial charge in [0.1, 0.15) is 0 Å². The molecule has 20 heavy (non-hydrogen) atoms. The first-order valence-corrected chi connectivity index (χ1v) is 7.24. The summed E-state index contributed by atoms with van der Waals surface area (Å²) in [6, 6.07) is 11.9. The monoisotopic (exact) mass is 327 g/mol. The summed E-state index contributed by atoms with van der Waals surface area (Å²) in [6.07, 6.45) is 1.80. The lowest BCUT2D eigenvalue weighted by atomic mass is 9.98. The number of aromatic nitrogens is 1. The highest BCUT2D eigenvalue weighted by Crippen LogP contribution is 2.25. The van der Waals surface area contributed by atoms with Crippen molar-refractivity contribution in [3.63, 3.8) is 0 Å². The van der Waals surface area contributed by atoms with Gasteiger partial charge in [-0.3, -0.25) is 4.79 Å². The molecule has 0 fully saturated rings. The van der Waals surface area contributed by atoms with Crippen molar-refractivity contribution >= 4 is 32.6 Å². The molecule has 0 aliphatic carbocycles. The van der Waals surface area contributed by atoms with Crippen LogP contribution in [0.1, 0.15) is 27.0 Å². The van der Waals surface area contributed by atoms with Crippen LogP contribution >= 0.6 is 15.9 Å². The largest absolute Gasteiger partial charge is 0.360 e. The van der Waals surface area contributed by atoms with Gasteiger partial charge in [0.05, 0.1) is 0 Å². The maximum Gasteiger partial charge on any atom is 0.195 e. The zero-order valence-electron chi connectivity index (χ0n) is 11.3. The van der Waals surface area contributed by atoms with Gasteiger partial charge in [0.25, 0.3) is 0 Å². The van der Waals surface area contributed by atoms with Crippen molar-refractivity contribution in [1.82, 2.24) is 4.98 Å². The number of fused-ring (bicyclic) bond motifs is 1. The highest BCUT2D eigenvalue weighted by atomic mass is 79.9. The molecule has 3 heteroatoms. The van der Waals surface area contributed by atoms with Crippen LogP contribution in [0.25, 0.3) is 10.9 Å². The zero-order chi connectivity index (χ0) is 14.3. The second kappa shape index (κ2) is 4.91. The Balaban J connectivity index is 2.17. The predicted octanol–water partition coefficient (Wildman–Crippen LogP) is 4.78. The Morgan fingerprint density at radius 1 is 1.05 bits per heavy atom. The standard InChI is InChI=1S/C17H14BrNO/c1-10-3-6-16-14(7-10)15(9-19-16)17(20)13-8-12(18)5-4-11(13)2/h3-9,19H,1-2H3. The van der Waals surface area contributed by atoms with Crippen LogP contribution in [-0.4, -0.2) is 10.8 Å². The van der Waals surface area contributed by atoms with Crippen LogP contribution < -0.4 is 0 Å². The number of rotatable bonds is 2. The van der Waals surface area contributed by atoms with Crippen molar-refractivity contribution in [2.45, 2.75) is 13.8 Å². The molecule has 3 rings (SSSR count).